The minimum atomic E-state index is 0.993. The second-order valence-electron chi connectivity index (χ2n) is 5.43. The number of anilines is 1. The molecule has 0 bridgehead atoms. The normalized spacial score (nSPS) is 14.7. The van der Waals surface area contributed by atoms with Crippen molar-refractivity contribution in [1.82, 2.24) is 0 Å². The molecule has 2 rings (SSSR count). The van der Waals surface area contributed by atoms with E-state index in [4.69, 9.17) is 0 Å². The summed E-state index contributed by atoms with van der Waals surface area (Å²) in [5.41, 5.74) is 6.07. The van der Waals surface area contributed by atoms with E-state index in [1.807, 2.05) is 13.1 Å². The van der Waals surface area contributed by atoms with E-state index in [0.29, 0.717) is 0 Å². The summed E-state index contributed by atoms with van der Waals surface area (Å²) < 4.78 is 0. The van der Waals surface area contributed by atoms with Gasteiger partial charge >= 0.3 is 0 Å². The van der Waals surface area contributed by atoms with E-state index in [9.17, 15) is 0 Å². The second-order valence-corrected chi connectivity index (χ2v) is 5.43. The first kappa shape index (κ1) is 16.3. The van der Waals surface area contributed by atoms with Crippen LogP contribution >= 0.6 is 0 Å². The molecule has 1 aromatic carbocycles. The van der Waals surface area contributed by atoms with E-state index >= 15 is 0 Å². The zero-order chi connectivity index (χ0) is 15.9. The number of hydrogen-bond donors (Lipinski definition) is 0. The van der Waals surface area contributed by atoms with Gasteiger partial charge in [0.25, 0.3) is 0 Å². The molecule has 0 saturated heterocycles. The van der Waals surface area contributed by atoms with Gasteiger partial charge in [0, 0.05) is 30.7 Å². The monoisotopic (exact) mass is 294 g/mol. The summed E-state index contributed by atoms with van der Waals surface area (Å²) in [6.07, 6.45) is 8.12. The van der Waals surface area contributed by atoms with Crippen molar-refractivity contribution in [2.75, 3.05) is 18.0 Å². The van der Waals surface area contributed by atoms with Gasteiger partial charge in [-0.1, -0.05) is 24.8 Å². The van der Waals surface area contributed by atoms with Crippen LogP contribution in [0.2, 0.25) is 0 Å². The molecule has 0 unspecified atom stereocenters. The number of allylic oxidation sites excluding steroid dienone is 5. The minimum Gasteiger partial charge on any atom is -0.372 e. The van der Waals surface area contributed by atoms with Crippen molar-refractivity contribution >= 4 is 17.5 Å². The van der Waals surface area contributed by atoms with Crippen LogP contribution in [0.5, 0.6) is 0 Å². The first-order valence-corrected chi connectivity index (χ1v) is 8.12. The largest absolute Gasteiger partial charge is 0.372 e. The van der Waals surface area contributed by atoms with Crippen molar-refractivity contribution in [3.05, 3.63) is 59.8 Å². The van der Waals surface area contributed by atoms with E-state index in [-0.39, 0.29) is 0 Å². The average Bonchev–Trinajstić information content (AvgIpc) is 2.57. The topological polar surface area (TPSA) is 15.6 Å². The smallest absolute Gasteiger partial charge is 0.0402 e. The third kappa shape index (κ3) is 3.76. The van der Waals surface area contributed by atoms with E-state index in [0.717, 1.165) is 37.2 Å². The fourth-order valence-electron chi connectivity index (χ4n) is 2.80. The van der Waals surface area contributed by atoms with E-state index in [1.54, 1.807) is 0 Å². The Balaban J connectivity index is 2.14. The SMILES string of the molecule is C=C(C1=CC=C(/N=C/C)CC1)c1ccc(N(CC)CC)cc1. The summed E-state index contributed by atoms with van der Waals surface area (Å²) in [5, 5.41) is 0. The quantitative estimate of drug-likeness (QED) is 0.655. The molecule has 22 heavy (non-hydrogen) atoms. The first-order valence-electron chi connectivity index (χ1n) is 8.12. The van der Waals surface area contributed by atoms with Crippen LogP contribution < -0.4 is 4.90 Å². The predicted octanol–water partition coefficient (Wildman–Crippen LogP) is 5.24. The van der Waals surface area contributed by atoms with Gasteiger partial charge in [-0.05, 0) is 68.5 Å². The third-order valence-corrected chi connectivity index (χ3v) is 4.15. The Labute approximate surface area is 134 Å². The maximum atomic E-state index is 4.36. The minimum absolute atomic E-state index is 0.993. The number of aliphatic imine (C=N–C) groups is 1. The summed E-state index contributed by atoms with van der Waals surface area (Å²) in [6, 6.07) is 8.75. The van der Waals surface area contributed by atoms with Crippen LogP contribution in [-0.2, 0) is 0 Å². The Kier molecular flexibility index (Phi) is 5.76. The van der Waals surface area contributed by atoms with E-state index < -0.39 is 0 Å². The molecular formula is C20H26N2. The van der Waals surface area contributed by atoms with Crippen LogP contribution in [0.15, 0.2) is 59.3 Å². The van der Waals surface area contributed by atoms with Gasteiger partial charge in [0.05, 0.1) is 0 Å². The standard InChI is InChI=1S/C20H26N2/c1-5-21-19-12-8-17(9-13-19)16(4)18-10-14-20(15-11-18)22(6-2)7-3/h5,8,10-12,14-15H,4,6-7,9,13H2,1-3H3/b21-5+. The summed E-state index contributed by atoms with van der Waals surface area (Å²) in [5.74, 6) is 0. The summed E-state index contributed by atoms with van der Waals surface area (Å²) in [4.78, 5) is 6.71. The molecule has 0 radical (unpaired) electrons. The zero-order valence-corrected chi connectivity index (χ0v) is 14.0. The Morgan fingerprint density at radius 1 is 1.14 bits per heavy atom. The highest BCUT2D eigenvalue weighted by atomic mass is 15.1. The molecule has 0 aromatic heterocycles. The molecule has 0 heterocycles. The van der Waals surface area contributed by atoms with Crippen LogP contribution in [0.1, 0.15) is 39.2 Å². The molecule has 0 fully saturated rings. The zero-order valence-electron chi connectivity index (χ0n) is 14.0. The lowest BCUT2D eigenvalue weighted by atomic mass is 9.92. The molecule has 0 saturated carbocycles. The summed E-state index contributed by atoms with van der Waals surface area (Å²) in [7, 11) is 0. The molecule has 0 aliphatic heterocycles. The van der Waals surface area contributed by atoms with Gasteiger partial charge in [0.15, 0.2) is 0 Å². The fourth-order valence-corrected chi connectivity index (χ4v) is 2.80. The lowest BCUT2D eigenvalue weighted by Crippen LogP contribution is -2.21. The van der Waals surface area contributed by atoms with Crippen molar-refractivity contribution in [1.29, 1.82) is 0 Å². The second kappa shape index (κ2) is 7.79. The number of rotatable bonds is 6. The maximum absolute atomic E-state index is 4.36. The van der Waals surface area contributed by atoms with Crippen LogP contribution in [-0.4, -0.2) is 19.3 Å². The van der Waals surface area contributed by atoms with Gasteiger partial charge in [0.2, 0.25) is 0 Å². The predicted molar refractivity (Wildman–Crippen MR) is 98.6 cm³/mol. The van der Waals surface area contributed by atoms with Gasteiger partial charge in [-0.3, -0.25) is 4.99 Å². The Morgan fingerprint density at radius 2 is 1.82 bits per heavy atom. The molecule has 0 spiro atoms. The molecule has 0 N–H and O–H groups in total. The molecular weight excluding hydrogens is 268 g/mol. The van der Waals surface area contributed by atoms with Gasteiger partial charge in [-0.2, -0.15) is 0 Å². The van der Waals surface area contributed by atoms with Crippen LogP contribution in [0.25, 0.3) is 5.57 Å². The number of nitrogens with zero attached hydrogens (tertiary/aromatic N) is 2. The average molecular weight is 294 g/mol. The Morgan fingerprint density at radius 3 is 2.32 bits per heavy atom. The molecule has 1 aliphatic rings. The lowest BCUT2D eigenvalue weighted by Gasteiger charge is -2.21. The highest BCUT2D eigenvalue weighted by Gasteiger charge is 2.10. The van der Waals surface area contributed by atoms with Gasteiger partial charge < -0.3 is 4.90 Å². The van der Waals surface area contributed by atoms with Crippen LogP contribution in [0.3, 0.4) is 0 Å². The molecule has 1 aliphatic carbocycles. The summed E-state index contributed by atoms with van der Waals surface area (Å²) >= 11 is 0. The van der Waals surface area contributed by atoms with E-state index in [1.165, 1.54) is 16.8 Å². The highest BCUT2D eigenvalue weighted by molar-refractivity contribution is 5.78. The van der Waals surface area contributed by atoms with Crippen molar-refractivity contribution in [2.45, 2.75) is 33.6 Å². The van der Waals surface area contributed by atoms with Crippen molar-refractivity contribution in [2.24, 2.45) is 4.99 Å². The van der Waals surface area contributed by atoms with Gasteiger partial charge in [0.1, 0.15) is 0 Å². The van der Waals surface area contributed by atoms with Crippen molar-refractivity contribution in [3.8, 4) is 0 Å². The Hall–Kier alpha value is -2.09. The first-order chi connectivity index (χ1) is 10.7. The van der Waals surface area contributed by atoms with Gasteiger partial charge in [-0.25, -0.2) is 0 Å². The maximum Gasteiger partial charge on any atom is 0.0402 e. The Bertz CT molecular complexity index is 599. The summed E-state index contributed by atoms with van der Waals surface area (Å²) in [6.45, 7) is 12.7. The molecule has 0 amide bonds. The molecule has 1 aromatic rings. The molecule has 2 nitrogen and oxygen atoms in total. The molecule has 0 atom stereocenters. The lowest BCUT2D eigenvalue weighted by molar-refractivity contribution is 0.866. The highest BCUT2D eigenvalue weighted by Crippen LogP contribution is 2.30. The third-order valence-electron chi connectivity index (χ3n) is 4.15. The van der Waals surface area contributed by atoms with Crippen LogP contribution in [0.4, 0.5) is 5.69 Å². The number of hydrogen-bond acceptors (Lipinski definition) is 2. The van der Waals surface area contributed by atoms with Crippen molar-refractivity contribution < 1.29 is 0 Å². The fraction of sp³-hybridized carbons (Fsp3) is 0.350. The van der Waals surface area contributed by atoms with Crippen molar-refractivity contribution in [3.63, 3.8) is 0 Å². The number of benzene rings is 1. The van der Waals surface area contributed by atoms with Crippen LogP contribution in [0, 0.1) is 0 Å². The molecule has 116 valence electrons. The van der Waals surface area contributed by atoms with Gasteiger partial charge in [-0.15, -0.1) is 0 Å². The molecule has 2 heteroatoms. The van der Waals surface area contributed by atoms with E-state index in [2.05, 4.69) is 66.7 Å².